The number of nitrogens with zero attached hydrogens (tertiary/aromatic N) is 1. The number of amides is 2. The quantitative estimate of drug-likeness (QED) is 0.284. The Balaban J connectivity index is 1.47. The van der Waals surface area contributed by atoms with Crippen molar-refractivity contribution in [2.75, 3.05) is 30.4 Å². The highest BCUT2D eigenvalue weighted by atomic mass is 16.5. The molecule has 4 rings (SSSR count). The standard InChI is InChI=1S/C31H31N3O3/c1-22-12-14-23(15-13-22)26-8-3-4-9-27(26)30(35)33-25-18-16-24(17-19-25)31(36)34(2)28-10-5-6-11-29(28)37-21-7-20-32/h3-6,8-19H,7,20-21,32H2,1-2H3,(H,33,35). The number of hydrogen-bond donors (Lipinski definition) is 2. The molecule has 0 heterocycles. The first kappa shape index (κ1) is 25.7. The minimum absolute atomic E-state index is 0.183. The molecule has 6 nitrogen and oxygen atoms in total. The van der Waals surface area contributed by atoms with Crippen molar-refractivity contribution >= 4 is 23.2 Å². The second kappa shape index (κ2) is 12.0. The Kier molecular flexibility index (Phi) is 8.33. The Bertz CT molecular complexity index is 1370. The predicted molar refractivity (Wildman–Crippen MR) is 149 cm³/mol. The number of para-hydroxylation sites is 2. The molecule has 4 aromatic rings. The Hall–Kier alpha value is -4.42. The predicted octanol–water partition coefficient (Wildman–Crippen LogP) is 5.92. The first-order chi connectivity index (χ1) is 18.0. The van der Waals surface area contributed by atoms with E-state index in [2.05, 4.69) is 5.32 Å². The van der Waals surface area contributed by atoms with Gasteiger partial charge < -0.3 is 20.7 Å². The second-order valence-corrected chi connectivity index (χ2v) is 8.77. The van der Waals surface area contributed by atoms with Gasteiger partial charge in [0.2, 0.25) is 0 Å². The van der Waals surface area contributed by atoms with E-state index in [1.165, 1.54) is 0 Å². The molecule has 0 bridgehead atoms. The van der Waals surface area contributed by atoms with E-state index >= 15 is 0 Å². The zero-order valence-corrected chi connectivity index (χ0v) is 21.1. The van der Waals surface area contributed by atoms with Crippen molar-refractivity contribution in [3.63, 3.8) is 0 Å². The van der Waals surface area contributed by atoms with Gasteiger partial charge in [-0.1, -0.05) is 60.2 Å². The third-order valence-electron chi connectivity index (χ3n) is 6.06. The molecule has 4 aromatic carbocycles. The number of hydrogen-bond acceptors (Lipinski definition) is 4. The van der Waals surface area contributed by atoms with Gasteiger partial charge in [-0.05, 0) is 73.5 Å². The van der Waals surface area contributed by atoms with Gasteiger partial charge in [0.1, 0.15) is 5.75 Å². The molecule has 2 amide bonds. The van der Waals surface area contributed by atoms with E-state index in [0.29, 0.717) is 41.4 Å². The fourth-order valence-electron chi connectivity index (χ4n) is 3.99. The van der Waals surface area contributed by atoms with Crippen LogP contribution in [0.4, 0.5) is 11.4 Å². The van der Waals surface area contributed by atoms with Crippen molar-refractivity contribution in [2.45, 2.75) is 13.3 Å². The number of rotatable bonds is 9. The summed E-state index contributed by atoms with van der Waals surface area (Å²) in [5.41, 5.74) is 10.9. The third-order valence-corrected chi connectivity index (χ3v) is 6.06. The highest BCUT2D eigenvalue weighted by Gasteiger charge is 2.18. The van der Waals surface area contributed by atoms with E-state index in [1.807, 2.05) is 79.7 Å². The summed E-state index contributed by atoms with van der Waals surface area (Å²) in [5, 5.41) is 2.95. The third kappa shape index (κ3) is 6.23. The van der Waals surface area contributed by atoms with Crippen molar-refractivity contribution in [1.29, 1.82) is 0 Å². The van der Waals surface area contributed by atoms with Crippen molar-refractivity contribution in [1.82, 2.24) is 0 Å². The van der Waals surface area contributed by atoms with Gasteiger partial charge in [0, 0.05) is 23.9 Å². The maximum absolute atomic E-state index is 13.2. The summed E-state index contributed by atoms with van der Waals surface area (Å²) in [4.78, 5) is 27.9. The van der Waals surface area contributed by atoms with Crippen LogP contribution in [0, 0.1) is 6.92 Å². The minimum Gasteiger partial charge on any atom is -0.491 e. The smallest absolute Gasteiger partial charge is 0.258 e. The molecule has 0 aliphatic rings. The molecular formula is C31H31N3O3. The molecule has 0 aliphatic carbocycles. The monoisotopic (exact) mass is 493 g/mol. The van der Waals surface area contributed by atoms with Gasteiger partial charge in [0.15, 0.2) is 0 Å². The van der Waals surface area contributed by atoms with Gasteiger partial charge in [-0.25, -0.2) is 0 Å². The van der Waals surface area contributed by atoms with Crippen LogP contribution in [0.5, 0.6) is 5.75 Å². The SMILES string of the molecule is Cc1ccc(-c2ccccc2C(=O)Nc2ccc(C(=O)N(C)c3ccccc3OCCCN)cc2)cc1. The van der Waals surface area contributed by atoms with Crippen LogP contribution < -0.4 is 20.7 Å². The Morgan fingerprint density at radius 2 is 1.54 bits per heavy atom. The molecule has 0 aromatic heterocycles. The Morgan fingerprint density at radius 1 is 0.865 bits per heavy atom. The molecule has 3 N–H and O–H groups in total. The van der Waals surface area contributed by atoms with Crippen LogP contribution in [-0.4, -0.2) is 32.0 Å². The number of nitrogens with two attached hydrogens (primary N) is 1. The molecule has 0 fully saturated rings. The van der Waals surface area contributed by atoms with Crippen molar-refractivity contribution in [2.24, 2.45) is 5.73 Å². The lowest BCUT2D eigenvalue weighted by atomic mass is 9.98. The number of ether oxygens (including phenoxy) is 1. The van der Waals surface area contributed by atoms with Crippen LogP contribution in [0.2, 0.25) is 0 Å². The summed E-state index contributed by atoms with van der Waals surface area (Å²) >= 11 is 0. The highest BCUT2D eigenvalue weighted by molar-refractivity contribution is 6.09. The number of aryl methyl sites for hydroxylation is 1. The first-order valence-corrected chi connectivity index (χ1v) is 12.3. The summed E-state index contributed by atoms with van der Waals surface area (Å²) in [6.45, 7) is 3.05. The van der Waals surface area contributed by atoms with Gasteiger partial charge in [0.05, 0.1) is 12.3 Å². The van der Waals surface area contributed by atoms with Gasteiger partial charge in [0.25, 0.3) is 11.8 Å². The summed E-state index contributed by atoms with van der Waals surface area (Å²) in [5.74, 6) is 0.233. The number of carbonyl (C=O) groups is 2. The lowest BCUT2D eigenvalue weighted by molar-refractivity contribution is 0.0990. The maximum Gasteiger partial charge on any atom is 0.258 e. The van der Waals surface area contributed by atoms with E-state index in [-0.39, 0.29) is 11.8 Å². The van der Waals surface area contributed by atoms with Gasteiger partial charge >= 0.3 is 0 Å². The van der Waals surface area contributed by atoms with Gasteiger partial charge in [-0.3, -0.25) is 9.59 Å². The lowest BCUT2D eigenvalue weighted by Gasteiger charge is -2.21. The topological polar surface area (TPSA) is 84.7 Å². The van der Waals surface area contributed by atoms with Crippen LogP contribution in [0.25, 0.3) is 11.1 Å². The molecule has 0 aliphatic heterocycles. The van der Waals surface area contributed by atoms with E-state index < -0.39 is 0 Å². The van der Waals surface area contributed by atoms with E-state index in [0.717, 1.165) is 23.1 Å². The summed E-state index contributed by atoms with van der Waals surface area (Å²) in [7, 11) is 1.71. The maximum atomic E-state index is 13.2. The number of benzene rings is 4. The number of carbonyl (C=O) groups excluding carboxylic acids is 2. The number of nitrogens with one attached hydrogen (secondary N) is 1. The van der Waals surface area contributed by atoms with Crippen molar-refractivity contribution < 1.29 is 14.3 Å². The zero-order valence-electron chi connectivity index (χ0n) is 21.1. The average molecular weight is 494 g/mol. The van der Waals surface area contributed by atoms with Gasteiger partial charge in [-0.15, -0.1) is 0 Å². The van der Waals surface area contributed by atoms with Crippen LogP contribution in [0.3, 0.4) is 0 Å². The van der Waals surface area contributed by atoms with Crippen molar-refractivity contribution in [3.05, 3.63) is 114 Å². The molecular weight excluding hydrogens is 462 g/mol. The summed E-state index contributed by atoms with van der Waals surface area (Å²) < 4.78 is 5.82. The van der Waals surface area contributed by atoms with Crippen LogP contribution >= 0.6 is 0 Å². The molecule has 0 atom stereocenters. The average Bonchev–Trinajstić information content (AvgIpc) is 2.93. The minimum atomic E-state index is -0.212. The Labute approximate surface area is 217 Å². The van der Waals surface area contributed by atoms with E-state index in [4.69, 9.17) is 10.5 Å². The highest BCUT2D eigenvalue weighted by Crippen LogP contribution is 2.29. The number of anilines is 2. The van der Waals surface area contributed by atoms with Crippen LogP contribution in [-0.2, 0) is 0 Å². The molecule has 6 heteroatoms. The first-order valence-electron chi connectivity index (χ1n) is 12.3. The summed E-state index contributed by atoms with van der Waals surface area (Å²) in [6.07, 6.45) is 0.731. The van der Waals surface area contributed by atoms with E-state index in [9.17, 15) is 9.59 Å². The Morgan fingerprint density at radius 3 is 2.27 bits per heavy atom. The largest absolute Gasteiger partial charge is 0.491 e. The molecule has 0 radical (unpaired) electrons. The molecule has 188 valence electrons. The molecule has 0 spiro atoms. The van der Waals surface area contributed by atoms with Crippen LogP contribution in [0.15, 0.2) is 97.1 Å². The normalized spacial score (nSPS) is 10.6. The van der Waals surface area contributed by atoms with Gasteiger partial charge in [-0.2, -0.15) is 0 Å². The fraction of sp³-hybridized carbons (Fsp3) is 0.161. The molecule has 0 unspecified atom stereocenters. The molecule has 0 saturated carbocycles. The second-order valence-electron chi connectivity index (χ2n) is 8.77. The summed E-state index contributed by atoms with van der Waals surface area (Å²) in [6, 6.07) is 29.9. The van der Waals surface area contributed by atoms with Crippen LogP contribution in [0.1, 0.15) is 32.7 Å². The molecule has 0 saturated heterocycles. The lowest BCUT2D eigenvalue weighted by Crippen LogP contribution is -2.26. The zero-order chi connectivity index (χ0) is 26.2. The fourth-order valence-corrected chi connectivity index (χ4v) is 3.99. The molecule has 37 heavy (non-hydrogen) atoms. The van der Waals surface area contributed by atoms with Crippen molar-refractivity contribution in [3.8, 4) is 16.9 Å². The van der Waals surface area contributed by atoms with E-state index in [1.54, 1.807) is 36.2 Å².